The van der Waals surface area contributed by atoms with Gasteiger partial charge in [0.2, 0.25) is 0 Å². The molecule has 1 atom stereocenters. The summed E-state index contributed by atoms with van der Waals surface area (Å²) in [4.78, 5) is 6.33. The highest BCUT2D eigenvalue weighted by Gasteiger charge is 2.49. The molecule has 1 aliphatic carbocycles. The monoisotopic (exact) mass is 281 g/mol. The summed E-state index contributed by atoms with van der Waals surface area (Å²) in [5.41, 5.74) is 11.0. The number of aromatic amines is 1. The van der Waals surface area contributed by atoms with Gasteiger partial charge in [-0.3, -0.25) is 0 Å². The van der Waals surface area contributed by atoms with Crippen molar-refractivity contribution in [3.63, 3.8) is 0 Å². The molecule has 1 aromatic heterocycles. The molecular formula is C18H23N3. The van der Waals surface area contributed by atoms with Gasteiger partial charge in [-0.25, -0.2) is 0 Å². The van der Waals surface area contributed by atoms with Crippen LogP contribution in [0, 0.1) is 0 Å². The van der Waals surface area contributed by atoms with Crippen molar-refractivity contribution < 1.29 is 0 Å². The molecule has 3 aliphatic heterocycles. The fourth-order valence-electron chi connectivity index (χ4n) is 4.80. The molecule has 1 aromatic carbocycles. The molecule has 3 nitrogen and oxygen atoms in total. The highest BCUT2D eigenvalue weighted by molar-refractivity contribution is 5.93. The molecule has 0 spiro atoms. The van der Waals surface area contributed by atoms with E-state index < -0.39 is 0 Å². The van der Waals surface area contributed by atoms with E-state index in [1.54, 1.807) is 5.56 Å². The van der Waals surface area contributed by atoms with Gasteiger partial charge in [-0.15, -0.1) is 0 Å². The van der Waals surface area contributed by atoms with Crippen molar-refractivity contribution >= 4 is 16.7 Å². The van der Waals surface area contributed by atoms with Gasteiger partial charge in [0.25, 0.3) is 0 Å². The first-order valence-electron chi connectivity index (χ1n) is 8.36. The minimum absolute atomic E-state index is 0.224. The quantitative estimate of drug-likeness (QED) is 0.887. The van der Waals surface area contributed by atoms with E-state index in [-0.39, 0.29) is 11.5 Å². The molecule has 2 fully saturated rings. The number of nitrogens with one attached hydrogen (secondary N) is 1. The van der Waals surface area contributed by atoms with Gasteiger partial charge in [0, 0.05) is 35.5 Å². The van der Waals surface area contributed by atoms with Crippen LogP contribution in [-0.2, 0) is 5.41 Å². The topological polar surface area (TPSA) is 45.1 Å². The van der Waals surface area contributed by atoms with Gasteiger partial charge in [-0.05, 0) is 44.1 Å². The van der Waals surface area contributed by atoms with E-state index in [1.807, 2.05) is 0 Å². The average molecular weight is 281 g/mol. The highest BCUT2D eigenvalue weighted by Crippen LogP contribution is 2.54. The summed E-state index contributed by atoms with van der Waals surface area (Å²) in [6, 6.07) is 7.09. The molecule has 1 unspecified atom stereocenters. The van der Waals surface area contributed by atoms with Crippen molar-refractivity contribution in [1.29, 1.82) is 0 Å². The molecule has 3 N–H and O–H groups in total. The number of H-pyrrole nitrogens is 1. The summed E-state index contributed by atoms with van der Waals surface area (Å²) in [5, 5.41) is 1.46. The molecule has 2 aromatic rings. The number of para-hydroxylation sites is 1. The molecule has 4 aliphatic rings. The molecule has 0 radical (unpaired) electrons. The Labute approximate surface area is 125 Å². The normalized spacial score (nSPS) is 24.4. The lowest BCUT2D eigenvalue weighted by atomic mass is 9.83. The standard InChI is InChI=1S/C18H23N3/c1-11(19)18(7-8-18)14-4-2-3-13-15-12-5-9-21(10-6-12)17(15)20-16(13)14/h2-4,11-12,20H,5-10,19H2,1H3. The first kappa shape index (κ1) is 12.1. The van der Waals surface area contributed by atoms with E-state index >= 15 is 0 Å². The van der Waals surface area contributed by atoms with E-state index in [1.165, 1.54) is 61.1 Å². The van der Waals surface area contributed by atoms with Crippen LogP contribution in [0.1, 0.15) is 49.7 Å². The lowest BCUT2D eigenvalue weighted by molar-refractivity contribution is 0.475. The molecule has 110 valence electrons. The molecule has 1 saturated heterocycles. The highest BCUT2D eigenvalue weighted by atomic mass is 15.2. The van der Waals surface area contributed by atoms with Crippen molar-refractivity contribution in [2.75, 3.05) is 18.0 Å². The predicted molar refractivity (Wildman–Crippen MR) is 87.0 cm³/mol. The predicted octanol–water partition coefficient (Wildman–Crippen LogP) is 3.24. The van der Waals surface area contributed by atoms with Gasteiger partial charge >= 0.3 is 0 Å². The number of fused-ring (bicyclic) bond motifs is 3. The fraction of sp³-hybridized carbons (Fsp3) is 0.556. The first-order chi connectivity index (χ1) is 10.2. The summed E-state index contributed by atoms with van der Waals surface area (Å²) in [6.45, 7) is 4.61. The lowest BCUT2D eigenvalue weighted by Gasteiger charge is -2.40. The first-order valence-corrected chi connectivity index (χ1v) is 8.36. The second-order valence-electron chi connectivity index (χ2n) is 7.32. The van der Waals surface area contributed by atoms with Crippen LogP contribution in [0.15, 0.2) is 18.2 Å². The number of hydrogen-bond donors (Lipinski definition) is 2. The Morgan fingerprint density at radius 2 is 2.05 bits per heavy atom. The van der Waals surface area contributed by atoms with E-state index in [0.717, 1.165) is 5.92 Å². The summed E-state index contributed by atoms with van der Waals surface area (Å²) >= 11 is 0. The Bertz CT molecular complexity index is 715. The van der Waals surface area contributed by atoms with Gasteiger partial charge in [0.05, 0.1) is 5.52 Å². The van der Waals surface area contributed by atoms with Crippen LogP contribution in [-0.4, -0.2) is 24.1 Å². The molecule has 6 rings (SSSR count). The third kappa shape index (κ3) is 1.43. The minimum Gasteiger partial charge on any atom is -0.358 e. The number of nitrogens with zero attached hydrogens (tertiary/aromatic N) is 1. The molecule has 3 heteroatoms. The van der Waals surface area contributed by atoms with Crippen molar-refractivity contribution in [1.82, 2.24) is 4.98 Å². The minimum atomic E-state index is 0.224. The Balaban J connectivity index is 1.78. The van der Waals surface area contributed by atoms with Crippen LogP contribution in [0.3, 0.4) is 0 Å². The summed E-state index contributed by atoms with van der Waals surface area (Å²) in [6.07, 6.45) is 5.12. The number of rotatable bonds is 2. The van der Waals surface area contributed by atoms with E-state index in [0.29, 0.717) is 0 Å². The lowest BCUT2D eigenvalue weighted by Crippen LogP contribution is -2.38. The van der Waals surface area contributed by atoms with Crippen LogP contribution >= 0.6 is 0 Å². The second-order valence-corrected chi connectivity index (χ2v) is 7.32. The Kier molecular flexibility index (Phi) is 2.21. The van der Waals surface area contributed by atoms with Crippen molar-refractivity contribution in [2.24, 2.45) is 5.73 Å². The number of aromatic nitrogens is 1. The summed E-state index contributed by atoms with van der Waals surface area (Å²) < 4.78 is 0. The molecule has 1 saturated carbocycles. The van der Waals surface area contributed by atoms with E-state index in [4.69, 9.17) is 5.73 Å². The Morgan fingerprint density at radius 1 is 1.29 bits per heavy atom. The zero-order valence-corrected chi connectivity index (χ0v) is 12.7. The van der Waals surface area contributed by atoms with E-state index in [9.17, 15) is 0 Å². The SMILES string of the molecule is CC(N)C1(c2cccc3c4c([nH]c23)N2CCC4CC2)CC1. The zero-order chi connectivity index (χ0) is 14.2. The molecule has 2 bridgehead atoms. The van der Waals surface area contributed by atoms with Gasteiger partial charge in [-0.2, -0.15) is 0 Å². The maximum Gasteiger partial charge on any atom is 0.110 e. The van der Waals surface area contributed by atoms with Gasteiger partial charge in [-0.1, -0.05) is 18.2 Å². The molecule has 4 heterocycles. The van der Waals surface area contributed by atoms with Crippen LogP contribution in [0.5, 0.6) is 0 Å². The maximum absolute atomic E-state index is 6.32. The smallest absolute Gasteiger partial charge is 0.110 e. The third-order valence-electron chi connectivity index (χ3n) is 6.27. The molecular weight excluding hydrogens is 258 g/mol. The van der Waals surface area contributed by atoms with Crippen LogP contribution in [0.2, 0.25) is 0 Å². The second kappa shape index (κ2) is 3.83. The van der Waals surface area contributed by atoms with Gasteiger partial charge in [0.1, 0.15) is 5.82 Å². The summed E-state index contributed by atoms with van der Waals surface area (Å²) in [7, 11) is 0. The van der Waals surface area contributed by atoms with Crippen molar-refractivity contribution in [3.05, 3.63) is 29.3 Å². The fourth-order valence-corrected chi connectivity index (χ4v) is 4.80. The summed E-state index contributed by atoms with van der Waals surface area (Å²) in [5.74, 6) is 2.17. The number of benzene rings is 1. The largest absolute Gasteiger partial charge is 0.358 e. The van der Waals surface area contributed by atoms with Crippen molar-refractivity contribution in [3.8, 4) is 0 Å². The number of anilines is 1. The Hall–Kier alpha value is -1.48. The van der Waals surface area contributed by atoms with Crippen LogP contribution in [0.4, 0.5) is 5.82 Å². The van der Waals surface area contributed by atoms with Crippen LogP contribution in [0.25, 0.3) is 10.9 Å². The number of nitrogens with two attached hydrogens (primary N) is 1. The Morgan fingerprint density at radius 3 is 2.71 bits per heavy atom. The van der Waals surface area contributed by atoms with Gasteiger partial charge < -0.3 is 15.6 Å². The molecule has 0 amide bonds. The number of piperidine rings is 1. The molecule has 21 heavy (non-hydrogen) atoms. The third-order valence-corrected chi connectivity index (χ3v) is 6.27. The number of hydrogen-bond acceptors (Lipinski definition) is 2. The van der Waals surface area contributed by atoms with Gasteiger partial charge in [0.15, 0.2) is 0 Å². The average Bonchev–Trinajstić information content (AvgIpc) is 3.22. The van der Waals surface area contributed by atoms with E-state index in [2.05, 4.69) is 35.0 Å². The van der Waals surface area contributed by atoms with Crippen molar-refractivity contribution in [2.45, 2.75) is 50.0 Å². The van der Waals surface area contributed by atoms with Crippen LogP contribution < -0.4 is 10.6 Å². The zero-order valence-electron chi connectivity index (χ0n) is 12.7. The maximum atomic E-state index is 6.32.